The Morgan fingerprint density at radius 3 is 3.00 bits per heavy atom. The first kappa shape index (κ1) is 17.3. The van der Waals surface area contributed by atoms with Crippen LogP contribution in [0, 0.1) is 0 Å². The molecule has 2 aromatic heterocycles. The Hall–Kier alpha value is -2.57. The largest absolute Gasteiger partial charge is 0.479 e. The third-order valence-corrected chi connectivity index (χ3v) is 4.52. The lowest BCUT2D eigenvalue weighted by molar-refractivity contribution is -0.132. The van der Waals surface area contributed by atoms with Gasteiger partial charge in [-0.25, -0.2) is 4.98 Å². The molecule has 0 aromatic carbocycles. The second kappa shape index (κ2) is 7.55. The zero-order valence-electron chi connectivity index (χ0n) is 14.9. The van der Waals surface area contributed by atoms with E-state index in [1.807, 2.05) is 36.2 Å². The molecule has 1 fully saturated rings. The van der Waals surface area contributed by atoms with Gasteiger partial charge in [-0.1, -0.05) is 0 Å². The molecule has 7 heteroatoms. The molecule has 0 N–H and O–H groups in total. The summed E-state index contributed by atoms with van der Waals surface area (Å²) in [6.45, 7) is 0.794. The molecule has 7 nitrogen and oxygen atoms in total. The molecule has 25 heavy (non-hydrogen) atoms. The van der Waals surface area contributed by atoms with Gasteiger partial charge >= 0.3 is 0 Å². The molecule has 0 unspecified atom stereocenters. The van der Waals surface area contributed by atoms with E-state index in [2.05, 4.69) is 16.2 Å². The van der Waals surface area contributed by atoms with Gasteiger partial charge in [0, 0.05) is 45.7 Å². The fourth-order valence-corrected chi connectivity index (χ4v) is 3.18. The molecule has 3 heterocycles. The Balaban J connectivity index is 1.66. The van der Waals surface area contributed by atoms with Crippen LogP contribution in [0.1, 0.15) is 36.6 Å². The number of pyridine rings is 1. The number of anilines is 1. The molecule has 1 atom stereocenters. The summed E-state index contributed by atoms with van der Waals surface area (Å²) in [6.07, 6.45) is 4.75. The maximum atomic E-state index is 12.7. The molecular formula is C18H24N4O3. The molecule has 1 aliphatic heterocycles. The standard InChI is InChI=1S/C18H24N4O3/c1-21(2)16-11-13(8-9-19-16)15-5-4-10-22(15)18(23)7-6-14-12-17(24-3)20-25-14/h8-9,11-12,15H,4-7,10H2,1-3H3/t15-/m1/s1. The summed E-state index contributed by atoms with van der Waals surface area (Å²) in [7, 11) is 5.48. The Kier molecular flexibility index (Phi) is 5.21. The van der Waals surface area contributed by atoms with Gasteiger partial charge in [-0.3, -0.25) is 4.79 Å². The third-order valence-electron chi connectivity index (χ3n) is 4.52. The van der Waals surface area contributed by atoms with Gasteiger partial charge in [-0.2, -0.15) is 0 Å². The molecule has 0 spiro atoms. The third kappa shape index (κ3) is 3.92. The normalized spacial score (nSPS) is 16.9. The topological polar surface area (TPSA) is 71.7 Å². The van der Waals surface area contributed by atoms with Crippen molar-refractivity contribution in [2.45, 2.75) is 31.7 Å². The fraction of sp³-hybridized carbons (Fsp3) is 0.500. The number of rotatable bonds is 6. The van der Waals surface area contributed by atoms with Gasteiger partial charge in [0.15, 0.2) is 0 Å². The van der Waals surface area contributed by atoms with Crippen LogP contribution in [-0.4, -0.2) is 48.7 Å². The first-order valence-corrected chi connectivity index (χ1v) is 8.51. The van der Waals surface area contributed by atoms with E-state index in [-0.39, 0.29) is 11.9 Å². The second-order valence-electron chi connectivity index (χ2n) is 6.42. The van der Waals surface area contributed by atoms with Crippen molar-refractivity contribution in [2.24, 2.45) is 0 Å². The first-order chi connectivity index (χ1) is 12.1. The van der Waals surface area contributed by atoms with Crippen LogP contribution in [0.3, 0.4) is 0 Å². The van der Waals surface area contributed by atoms with Crippen molar-refractivity contribution < 1.29 is 14.1 Å². The quantitative estimate of drug-likeness (QED) is 0.801. The maximum absolute atomic E-state index is 12.7. The minimum Gasteiger partial charge on any atom is -0.479 e. The Morgan fingerprint density at radius 2 is 2.28 bits per heavy atom. The summed E-state index contributed by atoms with van der Waals surface area (Å²) >= 11 is 0. The van der Waals surface area contributed by atoms with Crippen LogP contribution < -0.4 is 9.64 Å². The number of likely N-dealkylation sites (tertiary alicyclic amines) is 1. The fourth-order valence-electron chi connectivity index (χ4n) is 3.18. The van der Waals surface area contributed by atoms with Crippen LogP contribution in [0.5, 0.6) is 5.88 Å². The predicted octanol–water partition coefficient (Wildman–Crippen LogP) is 2.44. The highest BCUT2D eigenvalue weighted by molar-refractivity contribution is 5.77. The van der Waals surface area contributed by atoms with E-state index in [4.69, 9.17) is 9.26 Å². The van der Waals surface area contributed by atoms with Gasteiger partial charge in [-0.15, -0.1) is 0 Å². The van der Waals surface area contributed by atoms with E-state index in [0.29, 0.717) is 24.5 Å². The van der Waals surface area contributed by atoms with Crippen molar-refractivity contribution in [3.05, 3.63) is 35.7 Å². The zero-order chi connectivity index (χ0) is 17.8. The number of carbonyl (C=O) groups excluding carboxylic acids is 1. The summed E-state index contributed by atoms with van der Waals surface area (Å²) in [4.78, 5) is 21.0. The predicted molar refractivity (Wildman–Crippen MR) is 93.6 cm³/mol. The van der Waals surface area contributed by atoms with E-state index < -0.39 is 0 Å². The van der Waals surface area contributed by atoms with Gasteiger partial charge in [0.1, 0.15) is 11.6 Å². The van der Waals surface area contributed by atoms with Gasteiger partial charge < -0.3 is 19.1 Å². The Morgan fingerprint density at radius 1 is 1.44 bits per heavy atom. The number of aromatic nitrogens is 2. The van der Waals surface area contributed by atoms with Crippen LogP contribution in [0.4, 0.5) is 5.82 Å². The molecule has 134 valence electrons. The average molecular weight is 344 g/mol. The number of hydrogen-bond acceptors (Lipinski definition) is 6. The highest BCUT2D eigenvalue weighted by Crippen LogP contribution is 2.33. The number of aryl methyl sites for hydroxylation is 1. The van der Waals surface area contributed by atoms with Crippen molar-refractivity contribution >= 4 is 11.7 Å². The zero-order valence-corrected chi connectivity index (χ0v) is 14.9. The van der Waals surface area contributed by atoms with Crippen LogP contribution in [0.25, 0.3) is 0 Å². The SMILES string of the molecule is COc1cc(CCC(=O)N2CCC[C@@H]2c2ccnc(N(C)C)c2)on1. The molecule has 0 saturated carbocycles. The van der Waals surface area contributed by atoms with Crippen LogP contribution in [0.2, 0.25) is 0 Å². The molecule has 1 aliphatic rings. The van der Waals surface area contributed by atoms with E-state index in [1.165, 1.54) is 7.11 Å². The smallest absolute Gasteiger partial charge is 0.254 e. The lowest BCUT2D eigenvalue weighted by Gasteiger charge is -2.26. The lowest BCUT2D eigenvalue weighted by atomic mass is 10.1. The molecule has 1 saturated heterocycles. The molecule has 0 bridgehead atoms. The van der Waals surface area contributed by atoms with Gasteiger partial charge in [0.05, 0.1) is 13.2 Å². The van der Waals surface area contributed by atoms with Crippen LogP contribution in [-0.2, 0) is 11.2 Å². The first-order valence-electron chi connectivity index (χ1n) is 8.51. The minimum atomic E-state index is 0.124. The molecule has 0 aliphatic carbocycles. The summed E-state index contributed by atoms with van der Waals surface area (Å²) in [5.74, 6) is 2.15. The Bertz CT molecular complexity index is 729. The van der Waals surface area contributed by atoms with Crippen LogP contribution >= 0.6 is 0 Å². The summed E-state index contributed by atoms with van der Waals surface area (Å²) < 4.78 is 10.2. The number of methoxy groups -OCH3 is 1. The monoisotopic (exact) mass is 344 g/mol. The summed E-state index contributed by atoms with van der Waals surface area (Å²) in [5, 5.41) is 3.77. The number of hydrogen-bond donors (Lipinski definition) is 0. The highest BCUT2D eigenvalue weighted by Gasteiger charge is 2.30. The minimum absolute atomic E-state index is 0.124. The van der Waals surface area contributed by atoms with E-state index in [0.717, 1.165) is 30.8 Å². The summed E-state index contributed by atoms with van der Waals surface area (Å²) in [5.41, 5.74) is 1.14. The highest BCUT2D eigenvalue weighted by atomic mass is 16.5. The second-order valence-corrected chi connectivity index (χ2v) is 6.42. The van der Waals surface area contributed by atoms with Crippen LogP contribution in [0.15, 0.2) is 28.9 Å². The van der Waals surface area contributed by atoms with Crippen molar-refractivity contribution in [1.82, 2.24) is 15.0 Å². The van der Waals surface area contributed by atoms with E-state index in [1.54, 1.807) is 6.07 Å². The van der Waals surface area contributed by atoms with Crippen molar-refractivity contribution in [2.75, 3.05) is 32.6 Å². The molecule has 3 rings (SSSR count). The lowest BCUT2D eigenvalue weighted by Crippen LogP contribution is -2.30. The molecule has 2 aromatic rings. The van der Waals surface area contributed by atoms with E-state index >= 15 is 0 Å². The average Bonchev–Trinajstić information content (AvgIpc) is 3.29. The number of carbonyl (C=O) groups is 1. The number of nitrogens with zero attached hydrogens (tertiary/aromatic N) is 4. The number of ether oxygens (including phenoxy) is 1. The van der Waals surface area contributed by atoms with E-state index in [9.17, 15) is 4.79 Å². The molecule has 0 radical (unpaired) electrons. The molecular weight excluding hydrogens is 320 g/mol. The summed E-state index contributed by atoms with van der Waals surface area (Å²) in [6, 6.07) is 5.92. The van der Waals surface area contributed by atoms with Gasteiger partial charge in [0.25, 0.3) is 5.88 Å². The van der Waals surface area contributed by atoms with Gasteiger partial charge in [0.2, 0.25) is 5.91 Å². The number of amides is 1. The van der Waals surface area contributed by atoms with Crippen molar-refractivity contribution in [1.29, 1.82) is 0 Å². The van der Waals surface area contributed by atoms with Crippen molar-refractivity contribution in [3.8, 4) is 5.88 Å². The van der Waals surface area contributed by atoms with Crippen molar-refractivity contribution in [3.63, 3.8) is 0 Å². The Labute approximate surface area is 147 Å². The molecule has 1 amide bonds. The maximum Gasteiger partial charge on any atom is 0.254 e. The van der Waals surface area contributed by atoms with Gasteiger partial charge in [-0.05, 0) is 35.7 Å².